The average Bonchev–Trinajstić information content (AvgIpc) is 2.46. The third kappa shape index (κ3) is 3.47. The van der Waals surface area contributed by atoms with E-state index in [0.29, 0.717) is 0 Å². The van der Waals surface area contributed by atoms with Gasteiger partial charge in [-0.3, -0.25) is 10.1 Å². The summed E-state index contributed by atoms with van der Waals surface area (Å²) in [4.78, 5) is 10.3. The quantitative estimate of drug-likeness (QED) is 0.475. The van der Waals surface area contributed by atoms with Crippen molar-refractivity contribution in [3.05, 3.63) is 67.3 Å². The molecule has 0 aromatic heterocycles. The van der Waals surface area contributed by atoms with Crippen molar-refractivity contribution in [2.45, 2.75) is 19.9 Å². The van der Waals surface area contributed by atoms with Crippen LogP contribution in [0, 0.1) is 13.7 Å². The number of hydrogen-bond donors (Lipinski definition) is 1. The fourth-order valence-corrected chi connectivity index (χ4v) is 2.72. The fourth-order valence-electron chi connectivity index (χ4n) is 2.03. The molecule has 0 aliphatic carbocycles. The van der Waals surface area contributed by atoms with E-state index in [1.54, 1.807) is 12.1 Å². The topological polar surface area (TPSA) is 55.2 Å². The Labute approximate surface area is 131 Å². The number of rotatable bonds is 5. The average molecular weight is 382 g/mol. The molecule has 0 aliphatic heterocycles. The predicted molar refractivity (Wildman–Crippen MR) is 89.0 cm³/mol. The van der Waals surface area contributed by atoms with Crippen LogP contribution in [0.25, 0.3) is 0 Å². The Morgan fingerprint density at radius 1 is 1.20 bits per heavy atom. The molecule has 2 aromatic carbocycles. The predicted octanol–water partition coefficient (Wildman–Crippen LogP) is 4.37. The van der Waals surface area contributed by atoms with Gasteiger partial charge in [0.1, 0.15) is 0 Å². The molecule has 0 unspecified atom stereocenters. The molecule has 1 N–H and O–H groups in total. The molecule has 2 aromatic rings. The van der Waals surface area contributed by atoms with Gasteiger partial charge >= 0.3 is 0 Å². The van der Waals surface area contributed by atoms with Crippen molar-refractivity contribution < 1.29 is 4.92 Å². The normalized spacial score (nSPS) is 10.3. The maximum Gasteiger partial charge on any atom is 0.270 e. The Bertz CT molecular complexity index is 629. The van der Waals surface area contributed by atoms with Gasteiger partial charge in [0.25, 0.3) is 5.69 Å². The Morgan fingerprint density at radius 2 is 1.90 bits per heavy atom. The molecule has 2 rings (SSSR count). The molecule has 104 valence electrons. The molecule has 0 atom stereocenters. The monoisotopic (exact) mass is 382 g/mol. The molecule has 0 saturated carbocycles. The summed E-state index contributed by atoms with van der Waals surface area (Å²) in [6.45, 7) is 2.85. The number of aryl methyl sites for hydroxylation is 1. The minimum absolute atomic E-state index is 0.119. The lowest BCUT2D eigenvalue weighted by Gasteiger charge is -2.11. The highest BCUT2D eigenvalue weighted by Crippen LogP contribution is 2.24. The molecule has 20 heavy (non-hydrogen) atoms. The zero-order valence-electron chi connectivity index (χ0n) is 11.1. The lowest BCUT2D eigenvalue weighted by atomic mass is 10.1. The molecule has 0 radical (unpaired) electrons. The minimum Gasteiger partial charge on any atom is -0.380 e. The highest BCUT2D eigenvalue weighted by molar-refractivity contribution is 14.1. The molecule has 0 spiro atoms. The van der Waals surface area contributed by atoms with E-state index in [9.17, 15) is 10.1 Å². The second-order valence-electron chi connectivity index (χ2n) is 4.40. The molecule has 5 heteroatoms. The van der Waals surface area contributed by atoms with Crippen molar-refractivity contribution in [3.8, 4) is 0 Å². The SMILES string of the molecule is CCc1ccccc1CNc1ccc([N+](=O)[O-])cc1I. The summed E-state index contributed by atoms with van der Waals surface area (Å²) in [5.74, 6) is 0. The summed E-state index contributed by atoms with van der Waals surface area (Å²) in [5.41, 5.74) is 3.61. The fraction of sp³-hybridized carbons (Fsp3) is 0.200. The summed E-state index contributed by atoms with van der Waals surface area (Å²) in [5, 5.41) is 14.0. The van der Waals surface area contributed by atoms with Gasteiger partial charge in [-0.1, -0.05) is 31.2 Å². The van der Waals surface area contributed by atoms with Gasteiger partial charge in [0, 0.05) is 27.9 Å². The molecule has 0 aliphatic rings. The van der Waals surface area contributed by atoms with Crippen LogP contribution >= 0.6 is 22.6 Å². The lowest BCUT2D eigenvalue weighted by Crippen LogP contribution is -2.04. The van der Waals surface area contributed by atoms with E-state index in [1.807, 2.05) is 12.1 Å². The van der Waals surface area contributed by atoms with E-state index in [1.165, 1.54) is 17.2 Å². The van der Waals surface area contributed by atoms with Crippen molar-refractivity contribution in [2.24, 2.45) is 0 Å². The number of nitro groups is 1. The largest absolute Gasteiger partial charge is 0.380 e. The van der Waals surface area contributed by atoms with E-state index < -0.39 is 0 Å². The maximum absolute atomic E-state index is 10.7. The number of nitrogens with one attached hydrogen (secondary N) is 1. The first-order chi connectivity index (χ1) is 9.61. The zero-order chi connectivity index (χ0) is 14.5. The van der Waals surface area contributed by atoms with E-state index in [2.05, 4.69) is 47.0 Å². The second kappa shape index (κ2) is 6.69. The van der Waals surface area contributed by atoms with Crippen LogP contribution in [-0.4, -0.2) is 4.92 Å². The molecule has 0 amide bonds. The van der Waals surface area contributed by atoms with Gasteiger partial charge in [0.15, 0.2) is 0 Å². The van der Waals surface area contributed by atoms with Crippen LogP contribution in [0.15, 0.2) is 42.5 Å². The maximum atomic E-state index is 10.7. The number of non-ortho nitro benzene ring substituents is 1. The summed E-state index contributed by atoms with van der Waals surface area (Å²) in [6, 6.07) is 13.1. The van der Waals surface area contributed by atoms with Crippen LogP contribution in [-0.2, 0) is 13.0 Å². The zero-order valence-corrected chi connectivity index (χ0v) is 13.3. The van der Waals surface area contributed by atoms with E-state index >= 15 is 0 Å². The van der Waals surface area contributed by atoms with Gasteiger partial charge in [-0.15, -0.1) is 0 Å². The van der Waals surface area contributed by atoms with Crippen molar-refractivity contribution in [1.29, 1.82) is 0 Å². The summed E-state index contributed by atoms with van der Waals surface area (Å²) >= 11 is 2.11. The number of hydrogen-bond acceptors (Lipinski definition) is 3. The molecule has 0 bridgehead atoms. The van der Waals surface area contributed by atoms with Crippen LogP contribution in [0.2, 0.25) is 0 Å². The number of halogens is 1. The van der Waals surface area contributed by atoms with Gasteiger partial charge in [-0.25, -0.2) is 0 Å². The molecule has 0 heterocycles. The molecular weight excluding hydrogens is 367 g/mol. The standard InChI is InChI=1S/C15H15IN2O2/c1-2-11-5-3-4-6-12(11)10-17-15-8-7-13(18(19)20)9-14(15)16/h3-9,17H,2,10H2,1H3. The van der Waals surface area contributed by atoms with Gasteiger partial charge in [0.05, 0.1) is 4.92 Å². The van der Waals surface area contributed by atoms with E-state index in [4.69, 9.17) is 0 Å². The van der Waals surface area contributed by atoms with Crippen LogP contribution in [0.1, 0.15) is 18.1 Å². The highest BCUT2D eigenvalue weighted by atomic mass is 127. The van der Waals surface area contributed by atoms with Crippen LogP contribution in [0.3, 0.4) is 0 Å². The van der Waals surface area contributed by atoms with Crippen LogP contribution in [0.4, 0.5) is 11.4 Å². The molecule has 4 nitrogen and oxygen atoms in total. The summed E-state index contributed by atoms with van der Waals surface area (Å²) in [6.07, 6.45) is 0.995. The Kier molecular flexibility index (Phi) is 4.94. The van der Waals surface area contributed by atoms with Crippen molar-refractivity contribution >= 4 is 34.0 Å². The molecule has 0 fully saturated rings. The number of benzene rings is 2. The first-order valence-corrected chi connectivity index (χ1v) is 7.44. The molecule has 0 saturated heterocycles. The second-order valence-corrected chi connectivity index (χ2v) is 5.56. The van der Waals surface area contributed by atoms with Gasteiger partial charge < -0.3 is 5.32 Å². The highest BCUT2D eigenvalue weighted by Gasteiger charge is 2.09. The smallest absolute Gasteiger partial charge is 0.270 e. The Morgan fingerprint density at radius 3 is 2.50 bits per heavy atom. The number of nitrogens with zero attached hydrogens (tertiary/aromatic N) is 1. The molecular formula is C15H15IN2O2. The van der Waals surface area contributed by atoms with E-state index in [-0.39, 0.29) is 10.6 Å². The number of nitro benzene ring substituents is 1. The number of anilines is 1. The minimum atomic E-state index is -0.377. The Hall–Kier alpha value is -1.63. The van der Waals surface area contributed by atoms with E-state index in [0.717, 1.165) is 22.2 Å². The van der Waals surface area contributed by atoms with Crippen molar-refractivity contribution in [1.82, 2.24) is 0 Å². The Balaban J connectivity index is 2.13. The van der Waals surface area contributed by atoms with Gasteiger partial charge in [-0.05, 0) is 46.2 Å². The summed E-state index contributed by atoms with van der Waals surface area (Å²) < 4.78 is 0.853. The van der Waals surface area contributed by atoms with Crippen LogP contribution in [0.5, 0.6) is 0 Å². The third-order valence-corrected chi connectivity index (χ3v) is 4.02. The van der Waals surface area contributed by atoms with Gasteiger partial charge in [-0.2, -0.15) is 0 Å². The van der Waals surface area contributed by atoms with Crippen LogP contribution < -0.4 is 5.32 Å². The lowest BCUT2D eigenvalue weighted by molar-refractivity contribution is -0.384. The van der Waals surface area contributed by atoms with Crippen molar-refractivity contribution in [2.75, 3.05) is 5.32 Å². The van der Waals surface area contributed by atoms with Crippen molar-refractivity contribution in [3.63, 3.8) is 0 Å². The first-order valence-electron chi connectivity index (χ1n) is 6.36. The van der Waals surface area contributed by atoms with Gasteiger partial charge in [0.2, 0.25) is 0 Å². The summed E-state index contributed by atoms with van der Waals surface area (Å²) in [7, 11) is 0. The first kappa shape index (κ1) is 14.8. The third-order valence-electron chi connectivity index (χ3n) is 3.13.